The van der Waals surface area contributed by atoms with Gasteiger partial charge < -0.3 is 19.9 Å². The molecule has 7 nitrogen and oxygen atoms in total. The molecule has 2 N–H and O–H groups in total. The van der Waals surface area contributed by atoms with Crippen LogP contribution in [0.5, 0.6) is 5.75 Å². The Morgan fingerprint density at radius 3 is 2.78 bits per heavy atom. The van der Waals surface area contributed by atoms with E-state index in [0.717, 1.165) is 11.3 Å². The van der Waals surface area contributed by atoms with Crippen molar-refractivity contribution in [2.45, 2.75) is 19.8 Å². The highest BCUT2D eigenvalue weighted by molar-refractivity contribution is 6.03. The number of anilines is 1. The van der Waals surface area contributed by atoms with Crippen LogP contribution < -0.4 is 15.4 Å². The third-order valence-electron chi connectivity index (χ3n) is 3.09. The Balaban J connectivity index is 1.71. The van der Waals surface area contributed by atoms with E-state index in [9.17, 15) is 9.59 Å². The molecule has 23 heavy (non-hydrogen) atoms. The van der Waals surface area contributed by atoms with Gasteiger partial charge in [-0.2, -0.15) is 0 Å². The molecule has 2 rings (SSSR count). The van der Waals surface area contributed by atoms with Gasteiger partial charge in [-0.15, -0.1) is 0 Å². The molecule has 0 unspecified atom stereocenters. The normalized spacial score (nSPS) is 10.2. The summed E-state index contributed by atoms with van der Waals surface area (Å²) in [7, 11) is 1.61. The summed E-state index contributed by atoms with van der Waals surface area (Å²) in [6.07, 6.45) is 0.400. The standard InChI is InChI=1S/C16H19N3O4/c1-11-8-14(19-23-11)18-16(21)10-15(20)17-7-6-12-4-3-5-13(9-12)22-2/h3-5,8-9H,6-7,10H2,1-2H3,(H,17,20)(H,18,19,21). The molecule has 0 fully saturated rings. The number of carbonyl (C=O) groups excluding carboxylic acids is 2. The van der Waals surface area contributed by atoms with Gasteiger partial charge in [0.1, 0.15) is 17.9 Å². The molecule has 0 aliphatic rings. The van der Waals surface area contributed by atoms with Gasteiger partial charge in [0.2, 0.25) is 11.8 Å². The van der Waals surface area contributed by atoms with Gasteiger partial charge in [-0.25, -0.2) is 0 Å². The number of nitrogens with zero attached hydrogens (tertiary/aromatic N) is 1. The molecule has 0 saturated carbocycles. The number of aryl methyl sites for hydroxylation is 1. The number of hydrogen-bond donors (Lipinski definition) is 2. The third kappa shape index (κ3) is 5.46. The lowest BCUT2D eigenvalue weighted by atomic mass is 10.1. The van der Waals surface area contributed by atoms with Crippen LogP contribution >= 0.6 is 0 Å². The maximum Gasteiger partial charge on any atom is 0.235 e. The first kappa shape index (κ1) is 16.5. The van der Waals surface area contributed by atoms with Crippen LogP contribution in [0.4, 0.5) is 5.82 Å². The quantitative estimate of drug-likeness (QED) is 0.758. The maximum atomic E-state index is 11.7. The maximum absolute atomic E-state index is 11.7. The average Bonchev–Trinajstić information content (AvgIpc) is 2.92. The Hall–Kier alpha value is -2.83. The molecule has 0 bridgehead atoms. The topological polar surface area (TPSA) is 93.5 Å². The molecule has 1 heterocycles. The summed E-state index contributed by atoms with van der Waals surface area (Å²) in [5.74, 6) is 0.888. The van der Waals surface area contributed by atoms with Crippen molar-refractivity contribution in [3.8, 4) is 5.75 Å². The zero-order valence-corrected chi connectivity index (χ0v) is 13.1. The average molecular weight is 317 g/mol. The van der Waals surface area contributed by atoms with Gasteiger partial charge in [0.15, 0.2) is 5.82 Å². The molecule has 2 amide bonds. The molecular formula is C16H19N3O4. The number of amides is 2. The van der Waals surface area contributed by atoms with Gasteiger partial charge in [0.25, 0.3) is 0 Å². The van der Waals surface area contributed by atoms with Crippen LogP contribution in [-0.2, 0) is 16.0 Å². The summed E-state index contributed by atoms with van der Waals surface area (Å²) in [5, 5.41) is 8.83. The highest BCUT2D eigenvalue weighted by atomic mass is 16.5. The first-order chi connectivity index (χ1) is 11.1. The first-order valence-electron chi connectivity index (χ1n) is 7.19. The fourth-order valence-corrected chi connectivity index (χ4v) is 1.99. The molecule has 1 aromatic heterocycles. The van der Waals surface area contributed by atoms with Gasteiger partial charge in [-0.1, -0.05) is 17.3 Å². The molecule has 0 radical (unpaired) electrons. The van der Waals surface area contributed by atoms with Crippen molar-refractivity contribution < 1.29 is 18.8 Å². The zero-order chi connectivity index (χ0) is 16.7. The summed E-state index contributed by atoms with van der Waals surface area (Å²) in [6, 6.07) is 9.19. The lowest BCUT2D eigenvalue weighted by molar-refractivity contribution is -0.126. The molecule has 0 aliphatic carbocycles. The van der Waals surface area contributed by atoms with Crippen molar-refractivity contribution in [2.24, 2.45) is 0 Å². The summed E-state index contributed by atoms with van der Waals surface area (Å²) in [5.41, 5.74) is 1.05. The van der Waals surface area contributed by atoms with E-state index in [4.69, 9.17) is 9.26 Å². The van der Waals surface area contributed by atoms with E-state index in [-0.39, 0.29) is 12.3 Å². The summed E-state index contributed by atoms with van der Waals surface area (Å²) in [6.45, 7) is 2.16. The highest BCUT2D eigenvalue weighted by Crippen LogP contribution is 2.12. The van der Waals surface area contributed by atoms with Gasteiger partial charge in [0.05, 0.1) is 7.11 Å². The van der Waals surface area contributed by atoms with E-state index in [2.05, 4.69) is 15.8 Å². The fourth-order valence-electron chi connectivity index (χ4n) is 1.99. The second-order valence-electron chi connectivity index (χ2n) is 5.00. The molecule has 0 spiro atoms. The van der Waals surface area contributed by atoms with Crippen LogP contribution in [0, 0.1) is 6.92 Å². The Bertz CT molecular complexity index is 681. The number of carbonyl (C=O) groups is 2. The Morgan fingerprint density at radius 2 is 2.09 bits per heavy atom. The molecule has 2 aromatic rings. The summed E-state index contributed by atoms with van der Waals surface area (Å²) >= 11 is 0. The predicted octanol–water partition coefficient (Wildman–Crippen LogP) is 1.68. The van der Waals surface area contributed by atoms with Gasteiger partial charge >= 0.3 is 0 Å². The lowest BCUT2D eigenvalue weighted by Gasteiger charge is -2.06. The molecular weight excluding hydrogens is 298 g/mol. The smallest absolute Gasteiger partial charge is 0.235 e. The molecule has 0 atom stereocenters. The monoisotopic (exact) mass is 317 g/mol. The Morgan fingerprint density at radius 1 is 1.26 bits per heavy atom. The van der Waals surface area contributed by atoms with Crippen molar-refractivity contribution in [3.63, 3.8) is 0 Å². The Kier molecular flexibility index (Phi) is 5.74. The van der Waals surface area contributed by atoms with E-state index in [1.807, 2.05) is 24.3 Å². The van der Waals surface area contributed by atoms with Gasteiger partial charge in [-0.3, -0.25) is 9.59 Å². The van der Waals surface area contributed by atoms with Crippen molar-refractivity contribution in [2.75, 3.05) is 19.0 Å². The minimum absolute atomic E-state index is 0.260. The summed E-state index contributed by atoms with van der Waals surface area (Å²) in [4.78, 5) is 23.4. The molecule has 0 aliphatic heterocycles. The minimum atomic E-state index is -0.433. The van der Waals surface area contributed by atoms with Crippen LogP contribution in [-0.4, -0.2) is 30.6 Å². The van der Waals surface area contributed by atoms with Crippen LogP contribution in [0.15, 0.2) is 34.9 Å². The number of nitrogens with one attached hydrogen (secondary N) is 2. The van der Waals surface area contributed by atoms with Crippen molar-refractivity contribution in [1.82, 2.24) is 10.5 Å². The van der Waals surface area contributed by atoms with E-state index in [1.54, 1.807) is 20.1 Å². The highest BCUT2D eigenvalue weighted by Gasteiger charge is 2.11. The molecule has 0 saturated heterocycles. The first-order valence-corrected chi connectivity index (χ1v) is 7.19. The minimum Gasteiger partial charge on any atom is -0.497 e. The van der Waals surface area contributed by atoms with Crippen LogP contribution in [0.25, 0.3) is 0 Å². The van der Waals surface area contributed by atoms with Crippen LogP contribution in [0.3, 0.4) is 0 Å². The SMILES string of the molecule is COc1cccc(CCNC(=O)CC(=O)Nc2cc(C)on2)c1. The third-order valence-corrected chi connectivity index (χ3v) is 3.09. The predicted molar refractivity (Wildman–Crippen MR) is 84.2 cm³/mol. The van der Waals surface area contributed by atoms with Crippen molar-refractivity contribution in [3.05, 3.63) is 41.7 Å². The summed E-state index contributed by atoms with van der Waals surface area (Å²) < 4.78 is 9.97. The second-order valence-corrected chi connectivity index (χ2v) is 5.00. The van der Waals surface area contributed by atoms with Gasteiger partial charge in [-0.05, 0) is 31.0 Å². The fraction of sp³-hybridized carbons (Fsp3) is 0.312. The number of methoxy groups -OCH3 is 1. The van der Waals surface area contributed by atoms with Crippen LogP contribution in [0.1, 0.15) is 17.7 Å². The molecule has 1 aromatic carbocycles. The largest absolute Gasteiger partial charge is 0.497 e. The van der Waals surface area contributed by atoms with E-state index in [0.29, 0.717) is 24.5 Å². The van der Waals surface area contributed by atoms with Crippen LogP contribution in [0.2, 0.25) is 0 Å². The number of rotatable bonds is 7. The Labute approximate surface area is 134 Å². The second kappa shape index (κ2) is 7.98. The number of hydrogen-bond acceptors (Lipinski definition) is 5. The molecule has 122 valence electrons. The van der Waals surface area contributed by atoms with E-state index < -0.39 is 5.91 Å². The number of ether oxygens (including phenoxy) is 1. The number of benzene rings is 1. The molecule has 7 heteroatoms. The zero-order valence-electron chi connectivity index (χ0n) is 13.1. The van der Waals surface area contributed by atoms with Gasteiger partial charge in [0, 0.05) is 12.6 Å². The van der Waals surface area contributed by atoms with E-state index in [1.165, 1.54) is 0 Å². The van der Waals surface area contributed by atoms with E-state index >= 15 is 0 Å². The van der Waals surface area contributed by atoms with Crippen molar-refractivity contribution in [1.29, 1.82) is 0 Å². The van der Waals surface area contributed by atoms with Crippen molar-refractivity contribution >= 4 is 17.6 Å². The number of aromatic nitrogens is 1. The lowest BCUT2D eigenvalue weighted by Crippen LogP contribution is -2.29.